The van der Waals surface area contributed by atoms with Crippen molar-refractivity contribution in [1.29, 1.82) is 5.26 Å². The van der Waals surface area contributed by atoms with Crippen LogP contribution in [-0.2, 0) is 25.5 Å². The first-order valence-corrected chi connectivity index (χ1v) is 10.5. The molecule has 1 aromatic carbocycles. The van der Waals surface area contributed by atoms with Gasteiger partial charge in [-0.1, -0.05) is 23.2 Å². The fourth-order valence-electron chi connectivity index (χ4n) is 2.44. The Labute approximate surface area is 191 Å². The van der Waals surface area contributed by atoms with Crippen molar-refractivity contribution in [2.75, 3.05) is 19.0 Å². The molecule has 1 aromatic heterocycles. The van der Waals surface area contributed by atoms with Crippen LogP contribution in [-0.4, -0.2) is 43.3 Å². The maximum Gasteiger partial charge on any atom is 0.502 e. The normalized spacial score (nSPS) is 12.5. The molecule has 180 valence electrons. The van der Waals surface area contributed by atoms with Gasteiger partial charge in [-0.25, -0.2) is 13.1 Å². The summed E-state index contributed by atoms with van der Waals surface area (Å²) in [5.41, 5.74) is -9.29. The summed E-state index contributed by atoms with van der Waals surface area (Å²) in [5.74, 6) is -2.27. The van der Waals surface area contributed by atoms with Gasteiger partial charge in [-0.05, 0) is 12.1 Å². The van der Waals surface area contributed by atoms with Crippen molar-refractivity contribution in [3.63, 3.8) is 0 Å². The fourth-order valence-corrected chi connectivity index (χ4v) is 4.05. The highest BCUT2D eigenvalue weighted by molar-refractivity contribution is 7.92. The van der Waals surface area contributed by atoms with Gasteiger partial charge in [0.1, 0.15) is 11.8 Å². The number of alkyl halides is 6. The van der Waals surface area contributed by atoms with Gasteiger partial charge >= 0.3 is 11.7 Å². The van der Waals surface area contributed by atoms with Crippen LogP contribution < -0.4 is 5.32 Å². The summed E-state index contributed by atoms with van der Waals surface area (Å²) in [6.45, 7) is -0.228. The third kappa shape index (κ3) is 5.35. The molecule has 0 aliphatic heterocycles. The predicted octanol–water partition coefficient (Wildman–Crippen LogP) is 4.34. The van der Waals surface area contributed by atoms with E-state index in [2.05, 4.69) is 9.84 Å². The number of rotatable bonds is 6. The number of nitrogens with zero attached hydrogens (tertiary/aromatic N) is 3. The molecule has 0 radical (unpaired) electrons. The van der Waals surface area contributed by atoms with Crippen molar-refractivity contribution in [3.05, 3.63) is 33.4 Å². The Morgan fingerprint density at radius 2 is 1.76 bits per heavy atom. The van der Waals surface area contributed by atoms with Gasteiger partial charge in [-0.3, -0.25) is 4.79 Å². The summed E-state index contributed by atoms with van der Waals surface area (Å²) in [6, 6.07) is 1.85. The maximum atomic E-state index is 13.3. The summed E-state index contributed by atoms with van der Waals surface area (Å²) in [6.07, 6.45) is -5.38. The third-order valence-corrected chi connectivity index (χ3v) is 5.98. The first kappa shape index (κ1) is 26.7. The third-order valence-electron chi connectivity index (χ3n) is 3.87. The van der Waals surface area contributed by atoms with E-state index in [1.54, 1.807) is 0 Å². The first-order valence-electron chi connectivity index (χ1n) is 8.26. The van der Waals surface area contributed by atoms with Crippen molar-refractivity contribution in [2.45, 2.75) is 23.0 Å². The Kier molecular flexibility index (Phi) is 7.59. The molecule has 0 fully saturated rings. The number of hydrogen-bond donors (Lipinski definition) is 1. The number of hydrogen-bond acceptors (Lipinski definition) is 6. The maximum absolute atomic E-state index is 13.3. The highest BCUT2D eigenvalue weighted by Gasteiger charge is 2.51. The number of nitrogens with one attached hydrogen (secondary N) is 1. The molecule has 1 N–H and O–H groups in total. The molecule has 8 nitrogen and oxygen atoms in total. The molecule has 1 amide bonds. The van der Waals surface area contributed by atoms with E-state index in [9.17, 15) is 44.8 Å². The van der Waals surface area contributed by atoms with Crippen LogP contribution in [0.4, 0.5) is 32.2 Å². The Morgan fingerprint density at radius 1 is 1.21 bits per heavy atom. The van der Waals surface area contributed by atoms with Gasteiger partial charge in [-0.15, -0.1) is 0 Å². The number of anilines is 1. The van der Waals surface area contributed by atoms with E-state index in [0.29, 0.717) is 12.1 Å². The van der Waals surface area contributed by atoms with Crippen molar-refractivity contribution in [2.24, 2.45) is 0 Å². The van der Waals surface area contributed by atoms with Gasteiger partial charge in [0.25, 0.3) is 9.84 Å². The Bertz CT molecular complexity index is 1210. The van der Waals surface area contributed by atoms with Gasteiger partial charge in [0, 0.05) is 7.11 Å². The molecule has 0 aliphatic carbocycles. The predicted molar refractivity (Wildman–Crippen MR) is 102 cm³/mol. The summed E-state index contributed by atoms with van der Waals surface area (Å²) in [4.78, 5) is 10.4. The summed E-state index contributed by atoms with van der Waals surface area (Å²) < 4.78 is 108. The number of aromatic nitrogens is 2. The number of carbonyl (C=O) groups excluding carboxylic acids is 1. The minimum absolute atomic E-state index is 0.228. The SMILES string of the molecule is COCCC(=O)Nc1c(S(=O)(=O)C(F)(F)F)c(C#N)nn1-c1c(Cl)cc(C(F)(F)F)cc1Cl. The lowest BCUT2D eigenvalue weighted by molar-refractivity contribution is -0.137. The zero-order valence-electron chi connectivity index (χ0n) is 16.0. The minimum Gasteiger partial charge on any atom is -0.384 e. The van der Waals surface area contributed by atoms with Gasteiger partial charge in [-0.2, -0.15) is 36.7 Å². The highest BCUT2D eigenvalue weighted by Crippen LogP contribution is 2.42. The minimum atomic E-state index is -6.28. The molecule has 17 heteroatoms. The number of benzene rings is 1. The lowest BCUT2D eigenvalue weighted by Gasteiger charge is -2.16. The quantitative estimate of drug-likeness (QED) is 0.547. The average molecular weight is 539 g/mol. The van der Waals surface area contributed by atoms with Crippen LogP contribution in [0.1, 0.15) is 17.7 Å². The number of sulfone groups is 1. The van der Waals surface area contributed by atoms with E-state index in [-0.39, 0.29) is 11.3 Å². The smallest absolute Gasteiger partial charge is 0.384 e. The lowest BCUT2D eigenvalue weighted by atomic mass is 10.2. The molecule has 0 saturated carbocycles. The van der Waals surface area contributed by atoms with Crippen LogP contribution in [0.25, 0.3) is 5.69 Å². The number of amides is 1. The average Bonchev–Trinajstić information content (AvgIpc) is 3.02. The van der Waals surface area contributed by atoms with Crippen LogP contribution in [0.2, 0.25) is 10.0 Å². The monoisotopic (exact) mass is 538 g/mol. The molecule has 1 heterocycles. The van der Waals surface area contributed by atoms with Crippen molar-refractivity contribution in [3.8, 4) is 11.8 Å². The molecular weight excluding hydrogens is 529 g/mol. The molecule has 2 rings (SSSR count). The zero-order chi connectivity index (χ0) is 25.4. The molecular formula is C16H10Cl2F6N4O4S. The van der Waals surface area contributed by atoms with Gasteiger partial charge in [0.15, 0.2) is 16.4 Å². The zero-order valence-corrected chi connectivity index (χ0v) is 18.3. The Morgan fingerprint density at radius 3 is 2.18 bits per heavy atom. The Hall–Kier alpha value is -2.54. The molecule has 0 saturated heterocycles. The standard InChI is InChI=1S/C16H10Cl2F6N4O4S/c1-32-3-2-11(29)26-14-13(33(30,31)16(22,23)24)10(6-25)27-28(14)12-8(17)4-7(5-9(12)18)15(19,20)21/h4-5H,2-3H2,1H3,(H,26,29). The number of carbonyl (C=O) groups is 1. The molecule has 0 unspecified atom stereocenters. The molecule has 0 spiro atoms. The molecule has 0 atom stereocenters. The Balaban J connectivity index is 2.90. The fraction of sp³-hybridized carbons (Fsp3) is 0.312. The highest BCUT2D eigenvalue weighted by atomic mass is 35.5. The topological polar surface area (TPSA) is 114 Å². The second-order valence-corrected chi connectivity index (χ2v) is 8.77. The number of nitriles is 1. The number of ether oxygens (including phenoxy) is 1. The van der Waals surface area contributed by atoms with Gasteiger partial charge in [0.05, 0.1) is 28.6 Å². The van der Waals surface area contributed by atoms with Gasteiger partial charge in [0.2, 0.25) is 5.91 Å². The summed E-state index contributed by atoms with van der Waals surface area (Å²) in [5, 5.41) is 12.8. The van der Waals surface area contributed by atoms with Crippen LogP contribution >= 0.6 is 23.2 Å². The molecule has 2 aromatic rings. The largest absolute Gasteiger partial charge is 0.502 e. The number of methoxy groups -OCH3 is 1. The lowest BCUT2D eigenvalue weighted by Crippen LogP contribution is -2.26. The second-order valence-electron chi connectivity index (χ2n) is 6.08. The van der Waals surface area contributed by atoms with E-state index in [1.165, 1.54) is 7.11 Å². The van der Waals surface area contributed by atoms with E-state index in [0.717, 1.165) is 6.07 Å². The van der Waals surface area contributed by atoms with E-state index in [1.807, 2.05) is 5.32 Å². The van der Waals surface area contributed by atoms with E-state index < -0.39 is 71.6 Å². The van der Waals surface area contributed by atoms with Gasteiger partial charge < -0.3 is 10.1 Å². The van der Waals surface area contributed by atoms with Crippen LogP contribution in [0.5, 0.6) is 0 Å². The number of halogens is 8. The molecule has 33 heavy (non-hydrogen) atoms. The van der Waals surface area contributed by atoms with Crippen molar-refractivity contribution >= 4 is 44.8 Å². The van der Waals surface area contributed by atoms with E-state index in [4.69, 9.17) is 23.2 Å². The molecule has 0 aliphatic rings. The summed E-state index contributed by atoms with van der Waals surface area (Å²) >= 11 is 11.7. The van der Waals surface area contributed by atoms with Crippen LogP contribution in [0.3, 0.4) is 0 Å². The van der Waals surface area contributed by atoms with Crippen molar-refractivity contribution in [1.82, 2.24) is 9.78 Å². The first-order chi connectivity index (χ1) is 15.1. The van der Waals surface area contributed by atoms with E-state index >= 15 is 0 Å². The summed E-state index contributed by atoms with van der Waals surface area (Å²) in [7, 11) is -5.08. The molecule has 0 bridgehead atoms. The second kappa shape index (κ2) is 9.37. The van der Waals surface area contributed by atoms with Crippen LogP contribution in [0, 0.1) is 11.3 Å². The van der Waals surface area contributed by atoms with Crippen molar-refractivity contribution < 1.29 is 44.3 Å². The van der Waals surface area contributed by atoms with Crippen LogP contribution in [0.15, 0.2) is 17.0 Å².